The fourth-order valence-electron chi connectivity index (χ4n) is 1.11. The maximum absolute atomic E-state index is 13.4. The number of rotatable bonds is 4. The number of hydrogen-bond donors (Lipinski definition) is 1. The summed E-state index contributed by atoms with van der Waals surface area (Å²) in [4.78, 5) is 10.3. The highest BCUT2D eigenvalue weighted by atomic mass is 19.4. The van der Waals surface area contributed by atoms with Gasteiger partial charge in [-0.25, -0.2) is 13.6 Å². The predicted molar refractivity (Wildman–Crippen MR) is 45.8 cm³/mol. The average Bonchev–Trinajstić information content (AvgIpc) is 2.27. The summed E-state index contributed by atoms with van der Waals surface area (Å²) < 4.78 is 50.9. The summed E-state index contributed by atoms with van der Waals surface area (Å²) in [5.41, 5.74) is -0.479. The van der Waals surface area contributed by atoms with E-state index in [2.05, 4.69) is 0 Å². The fourth-order valence-corrected chi connectivity index (χ4v) is 1.11. The standard InChI is InChI=1S/C9H7F4NO2/c10-7(6-4-2-1-3-5-6)9(11,8(15)16)14(12)13/h1-5,7H,(H,15,16)/t7?,9-/m0/s1. The van der Waals surface area contributed by atoms with Gasteiger partial charge < -0.3 is 5.11 Å². The largest absolute Gasteiger partial charge is 0.478 e. The van der Waals surface area contributed by atoms with E-state index in [0.29, 0.717) is 0 Å². The van der Waals surface area contributed by atoms with Crippen molar-refractivity contribution in [2.24, 2.45) is 0 Å². The monoisotopic (exact) mass is 237 g/mol. The summed E-state index contributed by atoms with van der Waals surface area (Å²) in [6.07, 6.45) is -2.99. The molecule has 1 aromatic rings. The third kappa shape index (κ3) is 1.99. The number of carboxylic acid groups (broad SMARTS) is 1. The summed E-state index contributed by atoms with van der Waals surface area (Å²) in [5, 5.41) is 6.01. The number of benzene rings is 1. The quantitative estimate of drug-likeness (QED) is 0.497. The molecule has 0 saturated heterocycles. The van der Waals surface area contributed by atoms with Crippen LogP contribution >= 0.6 is 0 Å². The van der Waals surface area contributed by atoms with E-state index in [1.54, 1.807) is 0 Å². The fraction of sp³-hybridized carbons (Fsp3) is 0.222. The molecule has 2 atom stereocenters. The van der Waals surface area contributed by atoms with Gasteiger partial charge in [0.1, 0.15) is 0 Å². The summed E-state index contributed by atoms with van der Waals surface area (Å²) in [7, 11) is 0. The van der Waals surface area contributed by atoms with Gasteiger partial charge in [0.2, 0.25) is 0 Å². The van der Waals surface area contributed by atoms with Crippen molar-refractivity contribution in [3.05, 3.63) is 35.9 Å². The van der Waals surface area contributed by atoms with E-state index in [1.807, 2.05) is 0 Å². The van der Waals surface area contributed by atoms with Crippen molar-refractivity contribution in [2.45, 2.75) is 12.0 Å². The molecule has 0 aliphatic heterocycles. The molecule has 0 fully saturated rings. The molecule has 1 aromatic carbocycles. The van der Waals surface area contributed by atoms with Crippen LogP contribution in [-0.4, -0.2) is 22.2 Å². The smallest absolute Gasteiger partial charge is 0.366 e. The summed E-state index contributed by atoms with van der Waals surface area (Å²) in [6.45, 7) is 0. The topological polar surface area (TPSA) is 40.5 Å². The highest BCUT2D eigenvalue weighted by Gasteiger charge is 2.56. The van der Waals surface area contributed by atoms with Gasteiger partial charge in [0.05, 0.1) is 5.34 Å². The second kappa shape index (κ2) is 4.48. The molecule has 0 saturated carbocycles. The molecule has 0 radical (unpaired) electrons. The van der Waals surface area contributed by atoms with Crippen molar-refractivity contribution >= 4 is 5.97 Å². The van der Waals surface area contributed by atoms with Crippen molar-refractivity contribution in [3.8, 4) is 0 Å². The normalized spacial score (nSPS) is 16.8. The van der Waals surface area contributed by atoms with E-state index in [-0.39, 0.29) is 0 Å². The van der Waals surface area contributed by atoms with Crippen molar-refractivity contribution in [1.29, 1.82) is 0 Å². The minimum Gasteiger partial charge on any atom is -0.478 e. The first kappa shape index (κ1) is 12.4. The summed E-state index contributed by atoms with van der Waals surface area (Å²) in [6, 6.07) is 6.06. The van der Waals surface area contributed by atoms with Gasteiger partial charge in [-0.3, -0.25) is 0 Å². The molecule has 1 unspecified atom stereocenters. The zero-order valence-electron chi connectivity index (χ0n) is 7.78. The van der Waals surface area contributed by atoms with E-state index in [0.717, 1.165) is 12.1 Å². The maximum atomic E-state index is 13.4. The lowest BCUT2D eigenvalue weighted by Crippen LogP contribution is -2.47. The van der Waals surface area contributed by atoms with Gasteiger partial charge in [-0.15, -0.1) is 0 Å². The Morgan fingerprint density at radius 3 is 2.19 bits per heavy atom. The molecule has 1 N–H and O–H groups in total. The molecule has 0 aliphatic rings. The lowest BCUT2D eigenvalue weighted by molar-refractivity contribution is -0.294. The Hall–Kier alpha value is -1.63. The molecule has 0 aliphatic carbocycles. The lowest BCUT2D eigenvalue weighted by Gasteiger charge is -2.23. The minimum absolute atomic E-state index is 0.479. The zero-order valence-corrected chi connectivity index (χ0v) is 7.78. The van der Waals surface area contributed by atoms with E-state index in [9.17, 15) is 22.5 Å². The molecular weight excluding hydrogens is 230 g/mol. The van der Waals surface area contributed by atoms with Crippen LogP contribution in [-0.2, 0) is 4.79 Å². The third-order valence-corrected chi connectivity index (χ3v) is 1.97. The van der Waals surface area contributed by atoms with Gasteiger partial charge in [0.15, 0.2) is 6.17 Å². The summed E-state index contributed by atoms with van der Waals surface area (Å²) in [5.74, 6) is -6.98. The molecule has 0 aromatic heterocycles. The molecule has 3 nitrogen and oxygen atoms in total. The van der Waals surface area contributed by atoms with Gasteiger partial charge >= 0.3 is 11.8 Å². The molecule has 0 amide bonds. The molecule has 0 heterocycles. The molecule has 0 bridgehead atoms. The first-order chi connectivity index (χ1) is 7.40. The van der Waals surface area contributed by atoms with Crippen molar-refractivity contribution < 1.29 is 27.6 Å². The van der Waals surface area contributed by atoms with Crippen molar-refractivity contribution in [1.82, 2.24) is 5.34 Å². The molecule has 1 rings (SSSR count). The average molecular weight is 237 g/mol. The number of carbonyl (C=O) groups is 1. The van der Waals surface area contributed by atoms with E-state index in [4.69, 9.17) is 5.11 Å². The Morgan fingerprint density at radius 2 is 1.81 bits per heavy atom. The molecule has 0 spiro atoms. The van der Waals surface area contributed by atoms with Crippen LogP contribution in [0.1, 0.15) is 11.7 Å². The van der Waals surface area contributed by atoms with Crippen LogP contribution in [0.2, 0.25) is 0 Å². The number of carboxylic acids is 1. The molecule has 88 valence electrons. The van der Waals surface area contributed by atoms with Crippen LogP contribution in [0.5, 0.6) is 0 Å². The zero-order chi connectivity index (χ0) is 12.3. The Bertz CT molecular complexity index is 373. The number of aliphatic carboxylic acids is 1. The number of halogens is 4. The lowest BCUT2D eigenvalue weighted by atomic mass is 10.0. The van der Waals surface area contributed by atoms with Crippen LogP contribution in [0, 0.1) is 0 Å². The second-order valence-corrected chi connectivity index (χ2v) is 2.98. The number of hydrogen-bond acceptors (Lipinski definition) is 2. The van der Waals surface area contributed by atoms with Crippen LogP contribution in [0.15, 0.2) is 30.3 Å². The molecule has 16 heavy (non-hydrogen) atoms. The number of nitrogens with zero attached hydrogens (tertiary/aromatic N) is 1. The van der Waals surface area contributed by atoms with Gasteiger partial charge in [-0.1, -0.05) is 39.3 Å². The highest BCUT2D eigenvalue weighted by molar-refractivity contribution is 5.77. The SMILES string of the molecule is O=C(O)[C@](F)(C(F)c1ccccc1)N(F)F. The minimum atomic E-state index is -4.39. The Kier molecular flexibility index (Phi) is 3.48. The second-order valence-electron chi connectivity index (χ2n) is 2.98. The van der Waals surface area contributed by atoms with E-state index in [1.165, 1.54) is 18.2 Å². The van der Waals surface area contributed by atoms with Crippen LogP contribution in [0.3, 0.4) is 0 Å². The first-order valence-electron chi connectivity index (χ1n) is 4.13. The number of alkyl halides is 2. The Balaban J connectivity index is 3.11. The predicted octanol–water partition coefficient (Wildman–Crippen LogP) is 2.52. The molecule has 7 heteroatoms. The summed E-state index contributed by atoms with van der Waals surface area (Å²) >= 11 is 0. The van der Waals surface area contributed by atoms with Crippen LogP contribution < -0.4 is 0 Å². The van der Waals surface area contributed by atoms with E-state index < -0.39 is 28.8 Å². The van der Waals surface area contributed by atoms with Crippen molar-refractivity contribution in [2.75, 3.05) is 0 Å². The molecular formula is C9H7F4NO2. The third-order valence-electron chi connectivity index (χ3n) is 1.97. The van der Waals surface area contributed by atoms with Gasteiger partial charge in [-0.05, 0) is 5.56 Å². The first-order valence-corrected chi connectivity index (χ1v) is 4.13. The Labute approximate surface area is 87.8 Å². The van der Waals surface area contributed by atoms with Crippen molar-refractivity contribution in [3.63, 3.8) is 0 Å². The maximum Gasteiger partial charge on any atom is 0.366 e. The van der Waals surface area contributed by atoms with E-state index >= 15 is 0 Å². The Morgan fingerprint density at radius 1 is 1.31 bits per heavy atom. The van der Waals surface area contributed by atoms with Gasteiger partial charge in [0.25, 0.3) is 0 Å². The van der Waals surface area contributed by atoms with Crippen LogP contribution in [0.4, 0.5) is 17.7 Å². The van der Waals surface area contributed by atoms with Gasteiger partial charge in [0, 0.05) is 0 Å². The highest BCUT2D eigenvalue weighted by Crippen LogP contribution is 2.37. The van der Waals surface area contributed by atoms with Gasteiger partial charge in [-0.2, -0.15) is 0 Å². The van der Waals surface area contributed by atoms with Crippen LogP contribution in [0.25, 0.3) is 0 Å².